The topological polar surface area (TPSA) is 96.4 Å². The van der Waals surface area contributed by atoms with Gasteiger partial charge in [-0.3, -0.25) is 14.4 Å². The van der Waals surface area contributed by atoms with Gasteiger partial charge in [0.25, 0.3) is 0 Å². The van der Waals surface area contributed by atoms with Crippen molar-refractivity contribution in [1.82, 2.24) is 9.80 Å². The number of hydrogen-bond acceptors (Lipinski definition) is 6. The first kappa shape index (κ1) is 28.0. The number of aliphatic hydroxyl groups excluding tert-OH is 1. The van der Waals surface area contributed by atoms with Crippen LogP contribution in [0.4, 0.5) is 0 Å². The molecule has 8 nitrogen and oxygen atoms in total. The van der Waals surface area contributed by atoms with Crippen LogP contribution in [0.1, 0.15) is 51.5 Å². The third-order valence-corrected chi connectivity index (χ3v) is 8.45. The molecule has 1 N–H and O–H groups in total. The lowest BCUT2D eigenvalue weighted by Gasteiger charge is -2.39. The minimum Gasteiger partial charge on any atom is -0.465 e. The smallest absolute Gasteiger partial charge is 0.312 e. The minimum absolute atomic E-state index is 0.232. The van der Waals surface area contributed by atoms with Crippen LogP contribution in [0.2, 0.25) is 0 Å². The number of esters is 1. The summed E-state index contributed by atoms with van der Waals surface area (Å²) in [7, 11) is 0. The van der Waals surface area contributed by atoms with E-state index in [1.165, 1.54) is 4.90 Å². The summed E-state index contributed by atoms with van der Waals surface area (Å²) >= 11 is 0. The second kappa shape index (κ2) is 11.4. The van der Waals surface area contributed by atoms with Crippen molar-refractivity contribution in [3.05, 3.63) is 61.2 Å². The lowest BCUT2D eigenvalue weighted by atomic mass is 9.66. The van der Waals surface area contributed by atoms with Gasteiger partial charge >= 0.3 is 5.97 Å². The molecule has 1 spiro atoms. The zero-order valence-electron chi connectivity index (χ0n) is 22.5. The summed E-state index contributed by atoms with van der Waals surface area (Å²) in [5.74, 6) is -2.70. The summed E-state index contributed by atoms with van der Waals surface area (Å²) in [6, 6.07) is 8.11. The number of nitrogens with zero attached hydrogens (tertiary/aromatic N) is 2. The highest BCUT2D eigenvalue weighted by atomic mass is 16.6. The third-order valence-electron chi connectivity index (χ3n) is 8.45. The van der Waals surface area contributed by atoms with Gasteiger partial charge in [0.05, 0.1) is 30.8 Å². The average Bonchev–Trinajstić information content (AvgIpc) is 3.48. The van der Waals surface area contributed by atoms with E-state index in [1.807, 2.05) is 44.2 Å². The fourth-order valence-electron chi connectivity index (χ4n) is 6.66. The van der Waals surface area contributed by atoms with Gasteiger partial charge < -0.3 is 24.4 Å². The zero-order valence-corrected chi connectivity index (χ0v) is 22.5. The Morgan fingerprint density at radius 3 is 2.63 bits per heavy atom. The highest BCUT2D eigenvalue weighted by Crippen LogP contribution is 2.63. The molecule has 0 aromatic heterocycles. The van der Waals surface area contributed by atoms with Crippen LogP contribution >= 0.6 is 0 Å². The summed E-state index contributed by atoms with van der Waals surface area (Å²) in [6.45, 7) is 11.8. The monoisotopic (exact) mass is 524 g/mol. The number of rotatable bonds is 13. The molecule has 2 bridgehead atoms. The number of carbonyl (C=O) groups is 3. The van der Waals surface area contributed by atoms with Crippen molar-refractivity contribution >= 4 is 17.8 Å². The number of allylic oxidation sites excluding steroid dienone is 1. The molecule has 1 aromatic carbocycles. The van der Waals surface area contributed by atoms with Crippen molar-refractivity contribution in [3.8, 4) is 0 Å². The van der Waals surface area contributed by atoms with Gasteiger partial charge in [0.1, 0.15) is 17.6 Å². The van der Waals surface area contributed by atoms with Crippen molar-refractivity contribution in [1.29, 1.82) is 0 Å². The second-order valence-corrected chi connectivity index (χ2v) is 10.8. The zero-order chi connectivity index (χ0) is 27.5. The van der Waals surface area contributed by atoms with E-state index in [0.717, 1.165) is 12.0 Å². The Morgan fingerprint density at radius 2 is 2.00 bits per heavy atom. The second-order valence-electron chi connectivity index (χ2n) is 10.8. The van der Waals surface area contributed by atoms with Crippen LogP contribution in [0.25, 0.3) is 0 Å². The molecule has 6 atom stereocenters. The number of amides is 2. The Balaban J connectivity index is 1.72. The predicted octanol–water partition coefficient (Wildman–Crippen LogP) is 3.25. The number of likely N-dealkylation sites (tertiary alicyclic amines) is 1. The summed E-state index contributed by atoms with van der Waals surface area (Å²) in [4.78, 5) is 45.1. The molecule has 38 heavy (non-hydrogen) atoms. The number of benzene rings is 1. The highest BCUT2D eigenvalue weighted by Gasteiger charge is 2.79. The molecule has 3 aliphatic heterocycles. The van der Waals surface area contributed by atoms with Gasteiger partial charge in [-0.1, -0.05) is 49.4 Å². The van der Waals surface area contributed by atoms with E-state index in [4.69, 9.17) is 9.47 Å². The van der Waals surface area contributed by atoms with Crippen molar-refractivity contribution in [3.63, 3.8) is 0 Å². The molecule has 0 aliphatic carbocycles. The number of ether oxygens (including phenoxy) is 2. The number of hydrogen-bond donors (Lipinski definition) is 1. The minimum atomic E-state index is -1.16. The molecule has 4 rings (SSSR count). The lowest BCUT2D eigenvalue weighted by Crippen LogP contribution is -2.58. The van der Waals surface area contributed by atoms with E-state index < -0.39 is 41.1 Å². The summed E-state index contributed by atoms with van der Waals surface area (Å²) in [5.41, 5.74) is -1.11. The SMILES string of the molecule is C=CCCCOC(=O)[C@@H]1[C@H]2C(=O)N([C@@H](CC)CO)C(C(=O)N(CC=C)Cc3ccccc3)C23CC[C@@]1(C)O3. The quantitative estimate of drug-likeness (QED) is 0.242. The van der Waals surface area contributed by atoms with Crippen LogP contribution in [0.3, 0.4) is 0 Å². The maximum absolute atomic E-state index is 14.4. The van der Waals surface area contributed by atoms with Gasteiger partial charge in [-0.05, 0) is 44.6 Å². The fraction of sp³-hybridized carbons (Fsp3) is 0.567. The molecule has 206 valence electrons. The molecule has 3 aliphatic rings. The van der Waals surface area contributed by atoms with Crippen molar-refractivity contribution < 1.29 is 29.0 Å². The summed E-state index contributed by atoms with van der Waals surface area (Å²) in [6.07, 6.45) is 6.27. The van der Waals surface area contributed by atoms with E-state index in [-0.39, 0.29) is 31.6 Å². The maximum atomic E-state index is 14.4. The fourth-order valence-corrected chi connectivity index (χ4v) is 6.66. The Bertz CT molecular complexity index is 1060. The van der Waals surface area contributed by atoms with Crippen LogP contribution in [-0.2, 0) is 30.4 Å². The summed E-state index contributed by atoms with van der Waals surface area (Å²) in [5, 5.41) is 10.2. The Hall–Kier alpha value is -2.97. The summed E-state index contributed by atoms with van der Waals surface area (Å²) < 4.78 is 12.3. The van der Waals surface area contributed by atoms with Gasteiger partial charge in [-0.2, -0.15) is 0 Å². The molecule has 2 amide bonds. The normalized spacial score (nSPS) is 30.1. The van der Waals surface area contributed by atoms with Gasteiger partial charge in [-0.25, -0.2) is 0 Å². The number of unbranched alkanes of at least 4 members (excludes halogenated alkanes) is 1. The van der Waals surface area contributed by atoms with Crippen LogP contribution < -0.4 is 0 Å². The predicted molar refractivity (Wildman–Crippen MR) is 143 cm³/mol. The standard InChI is InChI=1S/C30H40N2O6/c1-5-8-12-18-37-28(36)24-23-26(34)32(22(7-3)20-33)25(30(23)16-15-29(24,4)38-30)27(35)31(17-6-2)19-21-13-10-9-11-14-21/h5-6,9-11,13-14,22-25,33H,1-2,7-8,12,15-20H2,3-4H3/t22-,23-,24-,25?,29+,30?/m0/s1. The van der Waals surface area contributed by atoms with Crippen molar-refractivity contribution in [2.75, 3.05) is 19.8 Å². The van der Waals surface area contributed by atoms with E-state index >= 15 is 0 Å². The first-order valence-electron chi connectivity index (χ1n) is 13.6. The Morgan fingerprint density at radius 1 is 1.26 bits per heavy atom. The van der Waals surface area contributed by atoms with Crippen molar-refractivity contribution in [2.45, 2.75) is 75.8 Å². The number of aliphatic hydroxyl groups is 1. The van der Waals surface area contributed by atoms with Crippen LogP contribution in [0.15, 0.2) is 55.6 Å². The molecule has 0 saturated carbocycles. The highest BCUT2D eigenvalue weighted by molar-refractivity contribution is 5.98. The maximum Gasteiger partial charge on any atom is 0.312 e. The molecule has 8 heteroatoms. The Labute approximate surface area is 225 Å². The van der Waals surface area contributed by atoms with Crippen LogP contribution in [-0.4, -0.2) is 75.7 Å². The first-order chi connectivity index (χ1) is 18.3. The molecular weight excluding hydrogens is 484 g/mol. The molecule has 3 fully saturated rings. The molecule has 1 aromatic rings. The van der Waals surface area contributed by atoms with Gasteiger partial charge in [0, 0.05) is 13.1 Å². The van der Waals surface area contributed by atoms with E-state index in [2.05, 4.69) is 13.2 Å². The molecule has 3 heterocycles. The van der Waals surface area contributed by atoms with Gasteiger partial charge in [0.2, 0.25) is 11.8 Å². The first-order valence-corrected chi connectivity index (χ1v) is 13.6. The van der Waals surface area contributed by atoms with E-state index in [9.17, 15) is 19.5 Å². The number of fused-ring (bicyclic) bond motifs is 1. The van der Waals surface area contributed by atoms with E-state index in [1.54, 1.807) is 17.1 Å². The van der Waals surface area contributed by atoms with Crippen LogP contribution in [0, 0.1) is 11.8 Å². The Kier molecular flexibility index (Phi) is 8.43. The number of carbonyl (C=O) groups excluding carboxylic acids is 3. The molecule has 3 saturated heterocycles. The van der Waals surface area contributed by atoms with E-state index in [0.29, 0.717) is 32.2 Å². The van der Waals surface area contributed by atoms with Crippen molar-refractivity contribution in [2.24, 2.45) is 11.8 Å². The van der Waals surface area contributed by atoms with Gasteiger partial charge in [-0.15, -0.1) is 13.2 Å². The van der Waals surface area contributed by atoms with Gasteiger partial charge in [0.15, 0.2) is 0 Å². The molecule has 2 unspecified atom stereocenters. The third kappa shape index (κ3) is 4.69. The average molecular weight is 525 g/mol. The van der Waals surface area contributed by atoms with Crippen LogP contribution in [0.5, 0.6) is 0 Å². The molecular formula is C30H40N2O6. The largest absolute Gasteiger partial charge is 0.465 e. The lowest BCUT2D eigenvalue weighted by molar-refractivity contribution is -0.162. The molecule has 0 radical (unpaired) electrons.